The summed E-state index contributed by atoms with van der Waals surface area (Å²) >= 11 is 0. The number of nitrogens with zero attached hydrogens (tertiary/aromatic N) is 1. The zero-order chi connectivity index (χ0) is 15.5. The molecule has 3 nitrogen and oxygen atoms in total. The van der Waals surface area contributed by atoms with E-state index in [1.54, 1.807) is 0 Å². The highest BCUT2D eigenvalue weighted by Crippen LogP contribution is 2.33. The van der Waals surface area contributed by atoms with Crippen molar-refractivity contribution in [2.75, 3.05) is 26.2 Å². The summed E-state index contributed by atoms with van der Waals surface area (Å²) in [7, 11) is 0. The van der Waals surface area contributed by atoms with Gasteiger partial charge in [0.1, 0.15) is 11.6 Å². The number of nitrogens with one attached hydrogen (secondary N) is 1. The molecular weight excluding hydrogens is 324 g/mol. The van der Waals surface area contributed by atoms with Gasteiger partial charge in [0.25, 0.3) is 0 Å². The van der Waals surface area contributed by atoms with E-state index in [2.05, 4.69) is 5.32 Å². The second-order valence-electron chi connectivity index (χ2n) is 5.16. The molecule has 0 spiro atoms. The maximum atomic E-state index is 14.0. The van der Waals surface area contributed by atoms with Crippen LogP contribution in [0.25, 0.3) is 0 Å². The van der Waals surface area contributed by atoms with E-state index in [4.69, 9.17) is 0 Å². The third-order valence-corrected chi connectivity index (χ3v) is 3.64. The number of hydrogen-bond acceptors (Lipinski definition) is 3. The van der Waals surface area contributed by atoms with Gasteiger partial charge >= 0.3 is 6.18 Å². The molecule has 126 valence electrons. The minimum atomic E-state index is -4.26. The molecule has 0 radical (unpaired) electrons. The average Bonchev–Trinajstić information content (AvgIpc) is 2.41. The monoisotopic (exact) mass is 342 g/mol. The number of benzene rings is 1. The molecule has 2 rings (SSSR count). The van der Waals surface area contributed by atoms with Gasteiger partial charge in [0.15, 0.2) is 0 Å². The van der Waals surface area contributed by atoms with Crippen LogP contribution in [0.1, 0.15) is 24.4 Å². The van der Waals surface area contributed by atoms with Crippen molar-refractivity contribution in [3.63, 3.8) is 0 Å². The summed E-state index contributed by atoms with van der Waals surface area (Å²) in [5.41, 5.74) is 0.207. The first-order chi connectivity index (χ1) is 9.87. The molecule has 1 aliphatic heterocycles. The Morgan fingerprint density at radius 1 is 1.23 bits per heavy atom. The summed E-state index contributed by atoms with van der Waals surface area (Å²) < 4.78 is 51.5. The minimum absolute atomic E-state index is 0. The fourth-order valence-corrected chi connectivity index (χ4v) is 2.62. The van der Waals surface area contributed by atoms with Crippen LogP contribution < -0.4 is 5.32 Å². The summed E-state index contributed by atoms with van der Waals surface area (Å²) in [6.45, 7) is 2.48. The quantitative estimate of drug-likeness (QED) is 0.825. The Morgan fingerprint density at radius 2 is 1.86 bits per heavy atom. The van der Waals surface area contributed by atoms with E-state index in [1.165, 1.54) is 12.1 Å². The van der Waals surface area contributed by atoms with E-state index in [-0.39, 0.29) is 30.1 Å². The molecule has 0 amide bonds. The van der Waals surface area contributed by atoms with Crippen LogP contribution in [0.15, 0.2) is 18.2 Å². The predicted molar refractivity (Wildman–Crippen MR) is 77.8 cm³/mol. The Bertz CT molecular complexity index is 478. The van der Waals surface area contributed by atoms with Crippen LogP contribution >= 0.6 is 12.4 Å². The van der Waals surface area contributed by atoms with Crippen LogP contribution in [0.2, 0.25) is 0 Å². The normalized spacial score (nSPS) is 17.8. The van der Waals surface area contributed by atoms with Gasteiger partial charge in [-0.2, -0.15) is 13.2 Å². The van der Waals surface area contributed by atoms with Gasteiger partial charge in [-0.05, 0) is 12.5 Å². The largest absolute Gasteiger partial charge is 0.508 e. The van der Waals surface area contributed by atoms with Crippen molar-refractivity contribution in [3.8, 4) is 5.75 Å². The third kappa shape index (κ3) is 5.30. The van der Waals surface area contributed by atoms with Gasteiger partial charge in [-0.25, -0.2) is 4.39 Å². The first-order valence-electron chi connectivity index (χ1n) is 6.87. The van der Waals surface area contributed by atoms with Crippen LogP contribution in [0.5, 0.6) is 5.75 Å². The summed E-state index contributed by atoms with van der Waals surface area (Å²) in [5.74, 6) is -0.896. The number of alkyl halides is 3. The molecule has 8 heteroatoms. The van der Waals surface area contributed by atoms with Gasteiger partial charge in [-0.3, -0.25) is 4.90 Å². The molecule has 2 N–H and O–H groups in total. The van der Waals surface area contributed by atoms with Crippen LogP contribution in [0, 0.1) is 5.82 Å². The van der Waals surface area contributed by atoms with Gasteiger partial charge in [0, 0.05) is 50.3 Å². The fourth-order valence-electron chi connectivity index (χ4n) is 2.62. The van der Waals surface area contributed by atoms with E-state index in [9.17, 15) is 22.7 Å². The zero-order valence-corrected chi connectivity index (χ0v) is 12.7. The maximum Gasteiger partial charge on any atom is 0.389 e. The SMILES string of the molecule is Cl.Oc1ccc([C@H](CCC(F)(F)F)N2CCNCC2)c(F)c1. The van der Waals surface area contributed by atoms with Gasteiger partial charge < -0.3 is 10.4 Å². The number of phenolic OH excluding ortho intramolecular Hbond substituents is 1. The molecule has 1 aromatic rings. The van der Waals surface area contributed by atoms with Crippen molar-refractivity contribution in [2.45, 2.75) is 25.1 Å². The van der Waals surface area contributed by atoms with Crippen molar-refractivity contribution >= 4 is 12.4 Å². The number of phenols is 1. The summed E-state index contributed by atoms with van der Waals surface area (Å²) in [6, 6.07) is 2.99. The standard InChI is InChI=1S/C14H18F4N2O.ClH/c15-12-9-10(21)1-2-11(12)13(3-4-14(16,17)18)20-7-5-19-6-8-20;/h1-2,9,13,19,21H,3-8H2;1H/t13-;/m0./s1. The predicted octanol–water partition coefficient (Wildman–Crippen LogP) is 3.24. The third-order valence-electron chi connectivity index (χ3n) is 3.64. The summed E-state index contributed by atoms with van der Waals surface area (Å²) in [5, 5.41) is 12.4. The fraction of sp³-hybridized carbons (Fsp3) is 0.571. The second kappa shape index (κ2) is 7.99. The van der Waals surface area contributed by atoms with Crippen molar-refractivity contribution < 1.29 is 22.7 Å². The van der Waals surface area contributed by atoms with E-state index in [0.717, 1.165) is 6.07 Å². The lowest BCUT2D eigenvalue weighted by molar-refractivity contribution is -0.138. The second-order valence-corrected chi connectivity index (χ2v) is 5.16. The Kier molecular flexibility index (Phi) is 6.90. The van der Waals surface area contributed by atoms with Gasteiger partial charge in [0.2, 0.25) is 0 Å². The Balaban J connectivity index is 0.00000242. The molecule has 0 aromatic heterocycles. The summed E-state index contributed by atoms with van der Waals surface area (Å²) in [4.78, 5) is 1.86. The highest BCUT2D eigenvalue weighted by Gasteiger charge is 2.32. The van der Waals surface area contributed by atoms with E-state index in [1.807, 2.05) is 4.90 Å². The molecule has 1 heterocycles. The molecular formula is C14H19ClF4N2O. The zero-order valence-electron chi connectivity index (χ0n) is 11.9. The number of hydrogen-bond donors (Lipinski definition) is 2. The van der Waals surface area contributed by atoms with Crippen molar-refractivity contribution in [1.29, 1.82) is 0 Å². The maximum absolute atomic E-state index is 14.0. The van der Waals surface area contributed by atoms with Crippen LogP contribution in [0.4, 0.5) is 17.6 Å². The van der Waals surface area contributed by atoms with E-state index < -0.39 is 24.5 Å². The smallest absolute Gasteiger partial charge is 0.389 e. The molecule has 22 heavy (non-hydrogen) atoms. The molecule has 0 aliphatic carbocycles. The first kappa shape index (κ1) is 19.0. The van der Waals surface area contributed by atoms with Gasteiger partial charge in [-0.1, -0.05) is 6.07 Å². The number of halogens is 5. The Labute approximate surface area is 132 Å². The van der Waals surface area contributed by atoms with Crippen molar-refractivity contribution in [3.05, 3.63) is 29.6 Å². The average molecular weight is 343 g/mol. The number of piperazine rings is 1. The topological polar surface area (TPSA) is 35.5 Å². The highest BCUT2D eigenvalue weighted by atomic mass is 35.5. The van der Waals surface area contributed by atoms with E-state index in [0.29, 0.717) is 26.2 Å². The minimum Gasteiger partial charge on any atom is -0.508 e. The van der Waals surface area contributed by atoms with E-state index >= 15 is 0 Å². The van der Waals surface area contributed by atoms with Gasteiger partial charge in [-0.15, -0.1) is 12.4 Å². The van der Waals surface area contributed by atoms with Crippen LogP contribution in [-0.2, 0) is 0 Å². The van der Waals surface area contributed by atoms with Crippen LogP contribution in [0.3, 0.4) is 0 Å². The first-order valence-corrected chi connectivity index (χ1v) is 6.87. The molecule has 1 atom stereocenters. The lowest BCUT2D eigenvalue weighted by Gasteiger charge is -2.35. The lowest BCUT2D eigenvalue weighted by atomic mass is 9.98. The molecule has 1 aliphatic rings. The molecule has 0 saturated carbocycles. The van der Waals surface area contributed by atoms with Crippen molar-refractivity contribution in [2.24, 2.45) is 0 Å². The van der Waals surface area contributed by atoms with Gasteiger partial charge in [0.05, 0.1) is 0 Å². The molecule has 1 fully saturated rings. The Morgan fingerprint density at radius 3 is 2.41 bits per heavy atom. The molecule has 0 bridgehead atoms. The molecule has 1 saturated heterocycles. The van der Waals surface area contributed by atoms with Crippen LogP contribution in [-0.4, -0.2) is 42.4 Å². The van der Waals surface area contributed by atoms with Crippen molar-refractivity contribution in [1.82, 2.24) is 10.2 Å². The molecule has 1 aromatic carbocycles. The number of rotatable bonds is 4. The number of aromatic hydroxyl groups is 1. The summed E-state index contributed by atoms with van der Waals surface area (Å²) in [6.07, 6.45) is -5.41. The lowest BCUT2D eigenvalue weighted by Crippen LogP contribution is -2.45. The highest BCUT2D eigenvalue weighted by molar-refractivity contribution is 5.85. The Hall–Kier alpha value is -1.05. The molecule has 0 unspecified atom stereocenters.